The van der Waals surface area contributed by atoms with E-state index < -0.39 is 15.9 Å². The van der Waals surface area contributed by atoms with E-state index in [2.05, 4.69) is 23.8 Å². The van der Waals surface area contributed by atoms with Crippen molar-refractivity contribution in [3.8, 4) is 11.3 Å². The molecule has 3 aromatic rings. The van der Waals surface area contributed by atoms with Crippen molar-refractivity contribution in [2.45, 2.75) is 51.3 Å². The van der Waals surface area contributed by atoms with Gasteiger partial charge in [0.15, 0.2) is 5.13 Å². The number of anilines is 2. The quantitative estimate of drug-likeness (QED) is 0.269. The lowest BCUT2D eigenvalue weighted by molar-refractivity contribution is -0.117. The molecule has 0 spiro atoms. The maximum atomic E-state index is 13.6. The number of rotatable bonds is 12. The van der Waals surface area contributed by atoms with Crippen LogP contribution in [0.2, 0.25) is 0 Å². The number of sulfonamides is 1. The van der Waals surface area contributed by atoms with Gasteiger partial charge < -0.3 is 4.90 Å². The number of hydrogen-bond acceptors (Lipinski definition) is 8. The Bertz CT molecular complexity index is 1460. The Balaban J connectivity index is 1.53. The summed E-state index contributed by atoms with van der Waals surface area (Å²) in [5, 5.41) is 2.44. The maximum absolute atomic E-state index is 13.6. The summed E-state index contributed by atoms with van der Waals surface area (Å²) < 4.78 is 28.1. The minimum Gasteiger partial charge on any atom is -0.304 e. The van der Waals surface area contributed by atoms with Crippen LogP contribution in [0.1, 0.15) is 45.6 Å². The van der Waals surface area contributed by atoms with Crippen molar-refractivity contribution in [2.24, 2.45) is 0 Å². The van der Waals surface area contributed by atoms with Gasteiger partial charge in [-0.05, 0) is 49.7 Å². The highest BCUT2D eigenvalue weighted by Gasteiger charge is 2.29. The molecule has 1 saturated heterocycles. The molecule has 1 fully saturated rings. The Morgan fingerprint density at radius 3 is 2.33 bits per heavy atom. The van der Waals surface area contributed by atoms with Crippen molar-refractivity contribution in [3.63, 3.8) is 0 Å². The topological polar surface area (TPSA) is 94.1 Å². The van der Waals surface area contributed by atoms with Crippen LogP contribution in [0.3, 0.4) is 0 Å². The first-order valence-corrected chi connectivity index (χ1v) is 16.8. The summed E-state index contributed by atoms with van der Waals surface area (Å²) in [6.45, 7) is 10.2. The van der Waals surface area contributed by atoms with Crippen LogP contribution in [0.25, 0.3) is 11.3 Å². The Hall–Kier alpha value is -3.12. The summed E-state index contributed by atoms with van der Waals surface area (Å²) >= 11 is 1.37. The summed E-state index contributed by atoms with van der Waals surface area (Å²) in [5.41, 5.74) is 2.58. The molecule has 1 aliphatic heterocycles. The smallest absolute Gasteiger partial charge is 0.270 e. The number of nitrogens with zero attached hydrogens (tertiary/aromatic N) is 5. The molecule has 0 aliphatic carbocycles. The van der Waals surface area contributed by atoms with Crippen molar-refractivity contribution >= 4 is 44.0 Å². The van der Waals surface area contributed by atoms with E-state index in [1.807, 2.05) is 23.6 Å². The van der Waals surface area contributed by atoms with Crippen molar-refractivity contribution in [1.82, 2.24) is 14.8 Å². The first-order valence-electron chi connectivity index (χ1n) is 14.5. The van der Waals surface area contributed by atoms with Crippen LogP contribution in [0.5, 0.6) is 0 Å². The number of aryl methyl sites for hydroxylation is 1. The molecule has 0 saturated carbocycles. The zero-order chi connectivity index (χ0) is 30.3. The lowest BCUT2D eigenvalue weighted by atomic mass is 10.1. The fraction of sp³-hybridized carbons (Fsp3) is 0.452. The molecule has 0 radical (unpaired) electrons. The van der Waals surface area contributed by atoms with E-state index in [1.165, 1.54) is 18.3 Å². The van der Waals surface area contributed by atoms with E-state index in [-0.39, 0.29) is 16.5 Å². The van der Waals surface area contributed by atoms with Crippen LogP contribution in [0.4, 0.5) is 10.8 Å². The van der Waals surface area contributed by atoms with Gasteiger partial charge in [-0.25, -0.2) is 17.7 Å². The molecule has 42 heavy (non-hydrogen) atoms. The minimum absolute atomic E-state index is 0.0655. The lowest BCUT2D eigenvalue weighted by Crippen LogP contribution is -2.47. The lowest BCUT2D eigenvalue weighted by Gasteiger charge is -2.33. The molecule has 2 heterocycles. The Labute approximate surface area is 253 Å². The third-order valence-corrected chi connectivity index (χ3v) is 10.2. The highest BCUT2D eigenvalue weighted by molar-refractivity contribution is 7.93. The normalized spacial score (nSPS) is 14.6. The molecule has 0 bridgehead atoms. The van der Waals surface area contributed by atoms with E-state index in [9.17, 15) is 18.0 Å². The second kappa shape index (κ2) is 14.4. The zero-order valence-electron chi connectivity index (χ0n) is 25.0. The molecule has 0 unspecified atom stereocenters. The number of hydrogen-bond donors (Lipinski definition) is 0. The van der Waals surface area contributed by atoms with Gasteiger partial charge >= 0.3 is 0 Å². The number of likely N-dealkylation sites (N-methyl/N-ethyl adjacent to an activating group) is 1. The van der Waals surface area contributed by atoms with E-state index in [0.717, 1.165) is 68.3 Å². The minimum atomic E-state index is -4.13. The molecule has 1 aromatic heterocycles. The summed E-state index contributed by atoms with van der Waals surface area (Å²) in [5.74, 6) is -0.686. The summed E-state index contributed by atoms with van der Waals surface area (Å²) in [7, 11) is -2.02. The predicted octanol–water partition coefficient (Wildman–Crippen LogP) is 4.88. The summed E-state index contributed by atoms with van der Waals surface area (Å²) in [6.07, 6.45) is 4.18. The number of benzene rings is 2. The maximum Gasteiger partial charge on any atom is 0.270 e. The fourth-order valence-electron chi connectivity index (χ4n) is 5.02. The number of unbranched alkanes of at least 4 members (excludes halogenated alkanes) is 2. The SMILES string of the molecule is CCCCCc1ccc(S(=O)(=O)N(C(C)=O)c2cccc(-c3csc(N(CCN4CCN(C)CC4)C(C)=O)n3)c2)cc1. The average Bonchev–Trinajstić information content (AvgIpc) is 3.44. The molecular weight excluding hydrogens is 571 g/mol. The van der Waals surface area contributed by atoms with Gasteiger partial charge in [-0.15, -0.1) is 11.3 Å². The van der Waals surface area contributed by atoms with Crippen LogP contribution in [0.15, 0.2) is 58.8 Å². The van der Waals surface area contributed by atoms with E-state index >= 15 is 0 Å². The zero-order valence-corrected chi connectivity index (χ0v) is 26.6. The first-order chi connectivity index (χ1) is 20.1. The average molecular weight is 612 g/mol. The molecule has 0 N–H and O–H groups in total. The van der Waals surface area contributed by atoms with Gasteiger partial charge in [-0.1, -0.05) is 44.0 Å². The van der Waals surface area contributed by atoms with Crippen molar-refractivity contribution < 1.29 is 18.0 Å². The van der Waals surface area contributed by atoms with Crippen LogP contribution in [0, 0.1) is 0 Å². The van der Waals surface area contributed by atoms with Crippen LogP contribution < -0.4 is 9.21 Å². The number of piperazine rings is 1. The predicted molar refractivity (Wildman–Crippen MR) is 170 cm³/mol. The number of carbonyl (C=O) groups is 2. The number of carbonyl (C=O) groups excluding carboxylic acids is 2. The van der Waals surface area contributed by atoms with Gasteiger partial charge in [-0.3, -0.25) is 19.4 Å². The van der Waals surface area contributed by atoms with Gasteiger partial charge in [0.2, 0.25) is 11.8 Å². The van der Waals surface area contributed by atoms with Crippen LogP contribution in [-0.2, 0) is 26.0 Å². The fourth-order valence-corrected chi connectivity index (χ4v) is 7.34. The molecule has 4 rings (SSSR count). The molecule has 2 aromatic carbocycles. The van der Waals surface area contributed by atoms with Gasteiger partial charge in [0.25, 0.3) is 10.0 Å². The number of aromatic nitrogens is 1. The van der Waals surface area contributed by atoms with E-state index in [0.29, 0.717) is 22.9 Å². The molecule has 11 heteroatoms. The third kappa shape index (κ3) is 7.83. The standard InChI is InChI=1S/C31H41N5O4S2/c1-5-6-7-9-26-12-14-29(15-13-26)42(39,40)36(25(3)38)28-11-8-10-27(22-28)30-23-41-31(32-30)35(24(2)37)21-20-34-18-16-33(4)17-19-34/h8,10-15,22-23H,5-7,9,16-21H2,1-4H3. The molecule has 226 valence electrons. The van der Waals surface area contributed by atoms with Gasteiger partial charge in [0.1, 0.15) is 0 Å². The van der Waals surface area contributed by atoms with E-state index in [1.54, 1.807) is 42.2 Å². The Kier molecular flexibility index (Phi) is 10.9. The first kappa shape index (κ1) is 31.8. The molecular formula is C31H41N5O4S2. The molecule has 0 atom stereocenters. The summed E-state index contributed by atoms with van der Waals surface area (Å²) in [6, 6.07) is 13.6. The molecule has 1 aliphatic rings. The second-order valence-electron chi connectivity index (χ2n) is 10.8. The monoisotopic (exact) mass is 611 g/mol. The Morgan fingerprint density at radius 1 is 0.976 bits per heavy atom. The third-order valence-electron chi connectivity index (χ3n) is 7.53. The molecule has 9 nitrogen and oxygen atoms in total. The van der Waals surface area contributed by atoms with Crippen molar-refractivity contribution in [2.75, 3.05) is 55.5 Å². The van der Waals surface area contributed by atoms with Gasteiger partial charge in [-0.2, -0.15) is 0 Å². The number of amides is 2. The number of thiazole rings is 1. The van der Waals surface area contributed by atoms with Crippen LogP contribution in [-0.4, -0.2) is 81.3 Å². The van der Waals surface area contributed by atoms with Crippen molar-refractivity contribution in [3.05, 3.63) is 59.5 Å². The van der Waals surface area contributed by atoms with E-state index in [4.69, 9.17) is 4.98 Å². The van der Waals surface area contributed by atoms with Crippen molar-refractivity contribution in [1.29, 1.82) is 0 Å². The second-order valence-corrected chi connectivity index (χ2v) is 13.4. The highest BCUT2D eigenvalue weighted by Crippen LogP contribution is 2.32. The van der Waals surface area contributed by atoms with Crippen LogP contribution >= 0.6 is 11.3 Å². The molecule has 2 amide bonds. The Morgan fingerprint density at radius 2 is 1.69 bits per heavy atom. The van der Waals surface area contributed by atoms with Gasteiger partial charge in [0, 0.05) is 64.1 Å². The largest absolute Gasteiger partial charge is 0.304 e. The highest BCUT2D eigenvalue weighted by atomic mass is 32.2. The van der Waals surface area contributed by atoms with Gasteiger partial charge in [0.05, 0.1) is 16.3 Å². The summed E-state index contributed by atoms with van der Waals surface area (Å²) in [4.78, 5) is 36.4.